The first-order chi connectivity index (χ1) is 10.3. The highest BCUT2D eigenvalue weighted by atomic mass is 16.7. The molecule has 0 aromatic heterocycles. The molecule has 6 N–H and O–H groups in total. The fraction of sp³-hybridized carbons (Fsp3) is 1.00. The summed E-state index contributed by atoms with van der Waals surface area (Å²) in [5.74, 6) is 0. The van der Waals surface area contributed by atoms with Gasteiger partial charge in [-0.3, -0.25) is 0 Å². The van der Waals surface area contributed by atoms with E-state index in [1.807, 2.05) is 0 Å². The number of ether oxygens (including phenoxy) is 4. The molecular formula is C13H25NO8. The second kappa shape index (κ2) is 7.47. The predicted octanol–water partition coefficient (Wildman–Crippen LogP) is -2.72. The Bertz CT molecular complexity index is 359. The molecule has 2 saturated heterocycles. The smallest absolute Gasteiger partial charge is 0.184 e. The number of rotatable bonds is 4. The zero-order valence-electron chi connectivity index (χ0n) is 12.6. The predicted molar refractivity (Wildman–Crippen MR) is 72.6 cm³/mol. The van der Waals surface area contributed by atoms with Crippen LogP contribution in [0.1, 0.15) is 13.3 Å². The van der Waals surface area contributed by atoms with Crippen molar-refractivity contribution < 1.29 is 39.4 Å². The van der Waals surface area contributed by atoms with Crippen LogP contribution in [0.2, 0.25) is 0 Å². The van der Waals surface area contributed by atoms with Gasteiger partial charge in [0.2, 0.25) is 0 Å². The summed E-state index contributed by atoms with van der Waals surface area (Å²) in [7, 11) is 1.43. The van der Waals surface area contributed by atoms with E-state index in [0.717, 1.165) is 0 Å². The van der Waals surface area contributed by atoms with Crippen LogP contribution in [0.5, 0.6) is 0 Å². The highest BCUT2D eigenvalue weighted by Gasteiger charge is 2.46. The number of hydrogen-bond donors (Lipinski definition) is 5. The summed E-state index contributed by atoms with van der Waals surface area (Å²) in [6.45, 7) is 1.70. The number of aliphatic hydroxyl groups is 4. The lowest BCUT2D eigenvalue weighted by atomic mass is 9.97. The van der Waals surface area contributed by atoms with Gasteiger partial charge in [0.25, 0.3) is 0 Å². The molecular weight excluding hydrogens is 298 g/mol. The fourth-order valence-corrected chi connectivity index (χ4v) is 2.65. The zero-order valence-corrected chi connectivity index (χ0v) is 12.6. The SMILES string of the molecule is COC[C@H]1O[C@@H](O)[C@H](N)[C@@H](O[C@@H]2O[C@H](C)[C@@H](O)C[C@@H]2O)[C@H]1O. The molecule has 0 saturated carbocycles. The third-order valence-electron chi connectivity index (χ3n) is 4.05. The monoisotopic (exact) mass is 323 g/mol. The maximum absolute atomic E-state index is 10.3. The van der Waals surface area contributed by atoms with Crippen molar-refractivity contribution in [1.82, 2.24) is 0 Å². The average Bonchev–Trinajstić information content (AvgIpc) is 2.46. The first-order valence-electron chi connectivity index (χ1n) is 7.28. The van der Waals surface area contributed by atoms with Gasteiger partial charge in [0, 0.05) is 13.5 Å². The normalized spacial score (nSPS) is 50.0. The Hall–Kier alpha value is -0.360. The van der Waals surface area contributed by atoms with Crippen molar-refractivity contribution in [2.45, 2.75) is 68.6 Å². The van der Waals surface area contributed by atoms with E-state index in [4.69, 9.17) is 24.7 Å². The molecule has 0 unspecified atom stereocenters. The molecule has 0 bridgehead atoms. The first kappa shape index (κ1) is 18.0. The molecule has 2 aliphatic heterocycles. The van der Waals surface area contributed by atoms with E-state index < -0.39 is 55.2 Å². The number of hydrogen-bond acceptors (Lipinski definition) is 9. The number of nitrogens with two attached hydrogens (primary N) is 1. The summed E-state index contributed by atoms with van der Waals surface area (Å²) in [5, 5.41) is 39.7. The van der Waals surface area contributed by atoms with Crippen LogP contribution in [0.15, 0.2) is 0 Å². The van der Waals surface area contributed by atoms with Crippen molar-refractivity contribution in [2.24, 2.45) is 5.73 Å². The van der Waals surface area contributed by atoms with Gasteiger partial charge >= 0.3 is 0 Å². The van der Waals surface area contributed by atoms with E-state index >= 15 is 0 Å². The van der Waals surface area contributed by atoms with Crippen molar-refractivity contribution in [3.05, 3.63) is 0 Å². The van der Waals surface area contributed by atoms with Gasteiger partial charge in [0.15, 0.2) is 12.6 Å². The molecule has 2 heterocycles. The summed E-state index contributed by atoms with van der Waals surface area (Å²) in [4.78, 5) is 0. The molecule has 0 spiro atoms. The summed E-state index contributed by atoms with van der Waals surface area (Å²) >= 11 is 0. The van der Waals surface area contributed by atoms with Crippen LogP contribution in [-0.2, 0) is 18.9 Å². The van der Waals surface area contributed by atoms with Gasteiger partial charge in [-0.15, -0.1) is 0 Å². The molecule has 0 radical (unpaired) electrons. The molecule has 130 valence electrons. The van der Waals surface area contributed by atoms with Crippen molar-refractivity contribution in [3.8, 4) is 0 Å². The third-order valence-corrected chi connectivity index (χ3v) is 4.05. The zero-order chi connectivity index (χ0) is 16.4. The van der Waals surface area contributed by atoms with Crippen LogP contribution in [0, 0.1) is 0 Å². The summed E-state index contributed by atoms with van der Waals surface area (Å²) in [6.07, 6.45) is -7.67. The van der Waals surface area contributed by atoms with Gasteiger partial charge in [-0.05, 0) is 6.92 Å². The van der Waals surface area contributed by atoms with Crippen LogP contribution in [-0.4, -0.2) is 89.4 Å². The van der Waals surface area contributed by atoms with Gasteiger partial charge in [0.05, 0.1) is 24.9 Å². The number of aliphatic hydroxyl groups excluding tert-OH is 4. The van der Waals surface area contributed by atoms with Crippen molar-refractivity contribution in [1.29, 1.82) is 0 Å². The average molecular weight is 323 g/mol. The molecule has 2 fully saturated rings. The molecule has 9 nitrogen and oxygen atoms in total. The maximum Gasteiger partial charge on any atom is 0.184 e. The Morgan fingerprint density at radius 1 is 1.14 bits per heavy atom. The van der Waals surface area contributed by atoms with Crippen LogP contribution >= 0.6 is 0 Å². The standard InChI is InChI=1S/C13H25NO8/c1-5-6(15)3-7(16)13(20-5)22-11-9(14)12(18)21-8(4-19-2)10(11)17/h5-13,15-18H,3-4,14H2,1-2H3/t5-,6+,7+,8-,9-,10+,11-,12-,13+/m1/s1. The second-order valence-corrected chi connectivity index (χ2v) is 5.77. The van der Waals surface area contributed by atoms with Gasteiger partial charge in [-0.1, -0.05) is 0 Å². The van der Waals surface area contributed by atoms with Crippen LogP contribution < -0.4 is 5.73 Å². The van der Waals surface area contributed by atoms with Gasteiger partial charge in [-0.25, -0.2) is 0 Å². The minimum atomic E-state index is -1.34. The van der Waals surface area contributed by atoms with E-state index in [-0.39, 0.29) is 13.0 Å². The lowest BCUT2D eigenvalue weighted by Crippen LogP contribution is -2.64. The van der Waals surface area contributed by atoms with Crippen molar-refractivity contribution in [2.75, 3.05) is 13.7 Å². The first-order valence-corrected chi connectivity index (χ1v) is 7.28. The summed E-state index contributed by atoms with van der Waals surface area (Å²) in [6, 6.07) is -1.01. The summed E-state index contributed by atoms with van der Waals surface area (Å²) < 4.78 is 21.1. The molecule has 0 aromatic carbocycles. The molecule has 9 atom stereocenters. The Labute approximate surface area is 128 Å². The molecule has 0 amide bonds. The van der Waals surface area contributed by atoms with Crippen molar-refractivity contribution in [3.63, 3.8) is 0 Å². The van der Waals surface area contributed by atoms with Crippen LogP contribution in [0.4, 0.5) is 0 Å². The lowest BCUT2D eigenvalue weighted by Gasteiger charge is -2.44. The third kappa shape index (κ3) is 3.75. The number of methoxy groups -OCH3 is 1. The minimum absolute atomic E-state index is 0.0496. The van der Waals surface area contributed by atoms with E-state index in [1.165, 1.54) is 7.11 Å². The Morgan fingerprint density at radius 3 is 2.45 bits per heavy atom. The summed E-state index contributed by atoms with van der Waals surface area (Å²) in [5.41, 5.74) is 5.81. The molecule has 0 aliphatic carbocycles. The second-order valence-electron chi connectivity index (χ2n) is 5.77. The fourth-order valence-electron chi connectivity index (χ4n) is 2.65. The molecule has 2 rings (SSSR count). The topological polar surface area (TPSA) is 144 Å². The largest absolute Gasteiger partial charge is 0.390 e. The Kier molecular flexibility index (Phi) is 6.11. The van der Waals surface area contributed by atoms with E-state index in [0.29, 0.717) is 0 Å². The minimum Gasteiger partial charge on any atom is -0.390 e. The molecule has 22 heavy (non-hydrogen) atoms. The molecule has 0 aromatic rings. The van der Waals surface area contributed by atoms with Gasteiger partial charge in [-0.2, -0.15) is 0 Å². The van der Waals surface area contributed by atoms with Crippen LogP contribution in [0.25, 0.3) is 0 Å². The lowest BCUT2D eigenvalue weighted by molar-refractivity contribution is -0.320. The molecule has 9 heteroatoms. The van der Waals surface area contributed by atoms with Gasteiger partial charge < -0.3 is 45.1 Å². The molecule has 2 aliphatic rings. The maximum atomic E-state index is 10.3. The highest BCUT2D eigenvalue weighted by Crippen LogP contribution is 2.27. The van der Waals surface area contributed by atoms with E-state index in [1.54, 1.807) is 6.92 Å². The van der Waals surface area contributed by atoms with E-state index in [2.05, 4.69) is 0 Å². The Balaban J connectivity index is 2.05. The quantitative estimate of drug-likeness (QED) is 0.373. The van der Waals surface area contributed by atoms with Gasteiger partial charge in [0.1, 0.15) is 24.4 Å². The van der Waals surface area contributed by atoms with E-state index in [9.17, 15) is 20.4 Å². The Morgan fingerprint density at radius 2 is 1.82 bits per heavy atom. The van der Waals surface area contributed by atoms with Crippen LogP contribution in [0.3, 0.4) is 0 Å². The van der Waals surface area contributed by atoms with Crippen molar-refractivity contribution >= 4 is 0 Å². The highest BCUT2D eigenvalue weighted by molar-refractivity contribution is 4.93.